The number of benzene rings is 1. The predicted octanol–water partition coefficient (Wildman–Crippen LogP) is -2.10. The van der Waals surface area contributed by atoms with Crippen molar-refractivity contribution in [2.75, 3.05) is 0 Å². The number of rotatable bonds is 4. The van der Waals surface area contributed by atoms with E-state index in [4.69, 9.17) is 0 Å². The number of aryl methyl sites for hydroxylation is 1. The van der Waals surface area contributed by atoms with Crippen molar-refractivity contribution < 1.29 is 40.6 Å². The van der Waals surface area contributed by atoms with Crippen LogP contribution >= 0.6 is 0 Å². The van der Waals surface area contributed by atoms with Crippen molar-refractivity contribution in [3.05, 3.63) is 35.9 Å². The van der Waals surface area contributed by atoms with Crippen LogP contribution in [0.4, 0.5) is 0 Å². The molecule has 1 unspecified atom stereocenters. The monoisotopic (exact) mass is 178 g/mol. The van der Waals surface area contributed by atoms with Crippen molar-refractivity contribution >= 4 is 0 Å². The van der Waals surface area contributed by atoms with Gasteiger partial charge >= 0.3 is 37.7 Å². The molecule has 0 nitrogen and oxygen atoms in total. The van der Waals surface area contributed by atoms with Gasteiger partial charge in [-0.15, -0.1) is 0 Å². The molecule has 0 spiro atoms. The molecule has 0 heterocycles. The Balaban J connectivity index is -0.000000180. The second-order valence-electron chi connectivity index (χ2n) is 3.54. The van der Waals surface area contributed by atoms with Gasteiger partial charge in [0.25, 0.3) is 0 Å². The molecule has 0 aliphatic carbocycles. The van der Waals surface area contributed by atoms with Gasteiger partial charge in [0, 0.05) is 0 Å². The summed E-state index contributed by atoms with van der Waals surface area (Å²) in [4.78, 5) is 0. The van der Waals surface area contributed by atoms with Crippen molar-refractivity contribution in [1.82, 2.24) is 0 Å². The molecule has 0 saturated carbocycles. The van der Waals surface area contributed by atoms with Gasteiger partial charge in [-0.05, 0) is 24.3 Å². The first kappa shape index (κ1) is 16.8. The molecule has 0 N–H and O–H groups in total. The van der Waals surface area contributed by atoms with Crippen LogP contribution in [0.5, 0.6) is 0 Å². The molecule has 14 heavy (non-hydrogen) atoms. The van der Waals surface area contributed by atoms with Crippen molar-refractivity contribution in [2.45, 2.75) is 33.1 Å². The Morgan fingerprint density at radius 1 is 1.14 bits per heavy atom. The zero-order valence-corrected chi connectivity index (χ0v) is 10.1. The summed E-state index contributed by atoms with van der Waals surface area (Å²) < 4.78 is 0. The minimum Gasteiger partial charge on any atom is -1.00 e. The molecule has 1 atom stereocenters. The van der Waals surface area contributed by atoms with Crippen LogP contribution in [-0.4, -0.2) is 0 Å². The summed E-state index contributed by atoms with van der Waals surface area (Å²) in [5.74, 6) is 0.866. The quantitative estimate of drug-likeness (QED) is 0.463. The van der Waals surface area contributed by atoms with Crippen molar-refractivity contribution in [2.24, 2.45) is 5.92 Å². The fraction of sp³-hybridized carbons (Fsp3) is 0.500. The molecule has 1 aromatic rings. The van der Waals surface area contributed by atoms with Gasteiger partial charge in [0.15, 0.2) is 0 Å². The van der Waals surface area contributed by atoms with Gasteiger partial charge in [-0.25, -0.2) is 0 Å². The maximum atomic E-state index is 2.32. The molecule has 1 rings (SSSR count). The average Bonchev–Trinajstić information content (AvgIpc) is 2.16. The predicted molar refractivity (Wildman–Crippen MR) is 56.4 cm³/mol. The van der Waals surface area contributed by atoms with E-state index in [0.717, 1.165) is 5.92 Å². The van der Waals surface area contributed by atoms with Crippen molar-refractivity contribution in [3.8, 4) is 0 Å². The van der Waals surface area contributed by atoms with Gasteiger partial charge in [0.1, 0.15) is 0 Å². The molecular weight excluding hydrogens is 158 g/mol. The van der Waals surface area contributed by atoms with E-state index in [9.17, 15) is 0 Å². The molecule has 0 saturated heterocycles. The third kappa shape index (κ3) is 6.81. The molecule has 2 heteroatoms. The fourth-order valence-corrected chi connectivity index (χ4v) is 1.26. The van der Waals surface area contributed by atoms with E-state index >= 15 is 0 Å². The third-order valence-electron chi connectivity index (χ3n) is 2.47. The summed E-state index contributed by atoms with van der Waals surface area (Å²) in [7, 11) is 0. The van der Waals surface area contributed by atoms with Crippen LogP contribution in [0, 0.1) is 5.92 Å². The Labute approximate surface area is 115 Å². The zero-order chi connectivity index (χ0) is 8.81. The van der Waals surface area contributed by atoms with E-state index in [1.165, 1.54) is 24.8 Å². The summed E-state index contributed by atoms with van der Waals surface area (Å²) in [6.07, 6.45) is 3.85. The molecule has 0 bridgehead atoms. The van der Waals surface area contributed by atoms with E-state index < -0.39 is 0 Å². The Morgan fingerprint density at radius 3 is 2.21 bits per heavy atom. The first-order valence-electron chi connectivity index (χ1n) is 4.87. The first-order chi connectivity index (χ1) is 5.83. The zero-order valence-electron chi connectivity index (χ0n) is 12.1. The van der Waals surface area contributed by atoms with Gasteiger partial charge in [0.05, 0.1) is 0 Å². The Kier molecular flexibility index (Phi) is 12.0. The largest absolute Gasteiger partial charge is 1.00 e. The number of hydrogen-bond donors (Lipinski definition) is 0. The van der Waals surface area contributed by atoms with Gasteiger partial charge < -0.3 is 2.85 Å². The minimum atomic E-state index is 0. The SMILES string of the molecule is CCC(C)CCc1ccccc1.[H-].[H-].[Li+].[Li+]. The van der Waals surface area contributed by atoms with Crippen LogP contribution in [0.25, 0.3) is 0 Å². The maximum absolute atomic E-state index is 2.32. The molecule has 1 aromatic carbocycles. The van der Waals surface area contributed by atoms with Crippen LogP contribution in [-0.2, 0) is 6.42 Å². The van der Waals surface area contributed by atoms with Crippen molar-refractivity contribution in [1.29, 1.82) is 0 Å². The summed E-state index contributed by atoms with van der Waals surface area (Å²) >= 11 is 0. The summed E-state index contributed by atoms with van der Waals surface area (Å²) in [5.41, 5.74) is 1.47. The van der Waals surface area contributed by atoms with E-state index in [1.54, 1.807) is 0 Å². The Morgan fingerprint density at radius 2 is 1.71 bits per heavy atom. The molecule has 70 valence electrons. The van der Waals surface area contributed by atoms with Crippen LogP contribution in [0.2, 0.25) is 0 Å². The smallest absolute Gasteiger partial charge is 1.00 e. The molecule has 0 aliphatic rings. The summed E-state index contributed by atoms with van der Waals surface area (Å²) in [6.45, 7) is 4.58. The second kappa shape index (κ2) is 9.95. The molecule has 0 amide bonds. The Hall–Kier alpha value is 0.415. The van der Waals surface area contributed by atoms with Crippen LogP contribution in [0.1, 0.15) is 35.1 Å². The first-order valence-corrected chi connectivity index (χ1v) is 4.87. The average molecular weight is 178 g/mol. The van der Waals surface area contributed by atoms with Crippen molar-refractivity contribution in [3.63, 3.8) is 0 Å². The Bertz CT molecular complexity index is 218. The van der Waals surface area contributed by atoms with Crippen LogP contribution < -0.4 is 37.7 Å². The van der Waals surface area contributed by atoms with E-state index in [0.29, 0.717) is 0 Å². The molecule has 0 fully saturated rings. The maximum Gasteiger partial charge on any atom is 1.00 e. The molecule has 0 aliphatic heterocycles. The molecular formula is C12H20Li2. The summed E-state index contributed by atoms with van der Waals surface area (Å²) in [6, 6.07) is 10.7. The molecule has 0 radical (unpaired) electrons. The van der Waals surface area contributed by atoms with Gasteiger partial charge in [-0.1, -0.05) is 50.6 Å². The normalized spacial score (nSPS) is 11.0. The molecule has 0 aromatic heterocycles. The minimum absolute atomic E-state index is 0. The fourth-order valence-electron chi connectivity index (χ4n) is 1.26. The third-order valence-corrected chi connectivity index (χ3v) is 2.47. The van der Waals surface area contributed by atoms with E-state index in [2.05, 4.69) is 44.2 Å². The van der Waals surface area contributed by atoms with Crippen LogP contribution in [0.3, 0.4) is 0 Å². The summed E-state index contributed by atoms with van der Waals surface area (Å²) in [5, 5.41) is 0. The van der Waals surface area contributed by atoms with E-state index in [-0.39, 0.29) is 40.6 Å². The van der Waals surface area contributed by atoms with E-state index in [1.807, 2.05) is 0 Å². The standard InChI is InChI=1S/C12H18.2Li.2H/c1-3-11(2)9-10-12-7-5-4-6-8-12;;;;/h4-8,11H,3,9-10H2,1-2H3;;;;/q;2*+1;2*-1. The number of hydrogen-bond acceptors (Lipinski definition) is 0. The van der Waals surface area contributed by atoms with Gasteiger partial charge in [-0.3, -0.25) is 0 Å². The van der Waals surface area contributed by atoms with Gasteiger partial charge in [-0.2, -0.15) is 0 Å². The van der Waals surface area contributed by atoms with Gasteiger partial charge in [0.2, 0.25) is 0 Å². The van der Waals surface area contributed by atoms with Crippen LogP contribution in [0.15, 0.2) is 30.3 Å². The topological polar surface area (TPSA) is 0 Å². The second-order valence-corrected chi connectivity index (χ2v) is 3.54.